The molecule has 7 heteroatoms. The van der Waals surface area contributed by atoms with Crippen LogP contribution in [0, 0.1) is 13.8 Å². The lowest BCUT2D eigenvalue weighted by Gasteiger charge is -2.18. The number of nitrogens with zero attached hydrogens (tertiary/aromatic N) is 1. The minimum Gasteiger partial charge on any atom is -0.482 e. The molecule has 0 aliphatic rings. The van der Waals surface area contributed by atoms with Gasteiger partial charge in [-0.1, -0.05) is 12.1 Å². The Balaban J connectivity index is 1.79. The van der Waals surface area contributed by atoms with Crippen molar-refractivity contribution in [1.82, 2.24) is 4.90 Å². The van der Waals surface area contributed by atoms with E-state index in [9.17, 15) is 14.4 Å². The van der Waals surface area contributed by atoms with Crippen molar-refractivity contribution in [3.05, 3.63) is 59.2 Å². The maximum Gasteiger partial charge on any atom is 0.344 e. The predicted octanol–water partition coefficient (Wildman–Crippen LogP) is 3.35. The standard InChI is InChI=1S/C23H28N2O5/c1-5-25(6-2)23(28)18-9-11-19(12-10-18)24-21(26)14-30-22(27)15-29-20-13-16(3)7-8-17(20)4/h7-13H,5-6,14-15H2,1-4H3,(H,24,26). The summed E-state index contributed by atoms with van der Waals surface area (Å²) in [6.45, 7) is 8.22. The van der Waals surface area contributed by atoms with Gasteiger partial charge in [0.05, 0.1) is 0 Å². The van der Waals surface area contributed by atoms with E-state index in [-0.39, 0.29) is 12.5 Å². The normalized spacial score (nSPS) is 10.3. The third-order valence-electron chi connectivity index (χ3n) is 4.52. The number of rotatable bonds is 9. The number of esters is 1. The minimum atomic E-state index is -0.633. The molecule has 2 rings (SSSR count). The van der Waals surface area contributed by atoms with E-state index in [1.165, 1.54) is 0 Å². The fourth-order valence-corrected chi connectivity index (χ4v) is 2.77. The van der Waals surface area contributed by atoms with E-state index in [4.69, 9.17) is 9.47 Å². The van der Waals surface area contributed by atoms with Crippen LogP contribution in [0.25, 0.3) is 0 Å². The first-order chi connectivity index (χ1) is 14.3. The van der Waals surface area contributed by atoms with Gasteiger partial charge in [-0.2, -0.15) is 0 Å². The summed E-state index contributed by atoms with van der Waals surface area (Å²) in [5.74, 6) is -0.560. The van der Waals surface area contributed by atoms with E-state index in [0.717, 1.165) is 11.1 Å². The summed E-state index contributed by atoms with van der Waals surface area (Å²) < 4.78 is 10.4. The van der Waals surface area contributed by atoms with Crippen molar-refractivity contribution >= 4 is 23.5 Å². The van der Waals surface area contributed by atoms with Gasteiger partial charge in [0.1, 0.15) is 5.75 Å². The van der Waals surface area contributed by atoms with Crippen molar-refractivity contribution in [2.75, 3.05) is 31.6 Å². The number of carbonyl (C=O) groups is 3. The highest BCUT2D eigenvalue weighted by Gasteiger charge is 2.13. The Hall–Kier alpha value is -3.35. The fraction of sp³-hybridized carbons (Fsp3) is 0.348. The Labute approximate surface area is 177 Å². The van der Waals surface area contributed by atoms with E-state index in [1.54, 1.807) is 29.2 Å². The van der Waals surface area contributed by atoms with Gasteiger partial charge >= 0.3 is 5.97 Å². The van der Waals surface area contributed by atoms with Crippen LogP contribution in [-0.4, -0.2) is 49.0 Å². The van der Waals surface area contributed by atoms with Gasteiger partial charge in [0.15, 0.2) is 13.2 Å². The lowest BCUT2D eigenvalue weighted by atomic mass is 10.1. The summed E-state index contributed by atoms with van der Waals surface area (Å²) in [6, 6.07) is 12.3. The summed E-state index contributed by atoms with van der Waals surface area (Å²) in [7, 11) is 0. The van der Waals surface area contributed by atoms with Crippen molar-refractivity contribution < 1.29 is 23.9 Å². The molecule has 0 fully saturated rings. The molecule has 0 atom stereocenters. The highest BCUT2D eigenvalue weighted by molar-refractivity contribution is 5.96. The van der Waals surface area contributed by atoms with Crippen molar-refractivity contribution in [1.29, 1.82) is 0 Å². The molecule has 0 aliphatic carbocycles. The lowest BCUT2D eigenvalue weighted by Crippen LogP contribution is -2.30. The van der Waals surface area contributed by atoms with Crippen LogP contribution >= 0.6 is 0 Å². The molecule has 0 unspecified atom stereocenters. The number of amides is 2. The number of carbonyl (C=O) groups excluding carboxylic acids is 3. The van der Waals surface area contributed by atoms with Crippen LogP contribution in [-0.2, 0) is 14.3 Å². The molecule has 0 saturated carbocycles. The quantitative estimate of drug-likeness (QED) is 0.639. The number of ether oxygens (including phenoxy) is 2. The van der Waals surface area contributed by atoms with E-state index >= 15 is 0 Å². The van der Waals surface area contributed by atoms with Crippen LogP contribution in [0.2, 0.25) is 0 Å². The molecule has 0 saturated heterocycles. The molecule has 2 aromatic rings. The summed E-state index contributed by atoms with van der Waals surface area (Å²) in [4.78, 5) is 37.9. The summed E-state index contributed by atoms with van der Waals surface area (Å²) in [6.07, 6.45) is 0. The third-order valence-corrected chi connectivity index (χ3v) is 4.52. The molecule has 0 aliphatic heterocycles. The molecule has 0 heterocycles. The smallest absolute Gasteiger partial charge is 0.344 e. The Morgan fingerprint density at radius 1 is 0.933 bits per heavy atom. The number of hydrogen-bond acceptors (Lipinski definition) is 5. The lowest BCUT2D eigenvalue weighted by molar-refractivity contribution is -0.149. The molecule has 0 bridgehead atoms. The SMILES string of the molecule is CCN(CC)C(=O)c1ccc(NC(=O)COC(=O)COc2cc(C)ccc2C)cc1. The number of hydrogen-bond donors (Lipinski definition) is 1. The second kappa shape index (κ2) is 11.0. The Morgan fingerprint density at radius 2 is 1.60 bits per heavy atom. The maximum absolute atomic E-state index is 12.3. The molecular weight excluding hydrogens is 384 g/mol. The van der Waals surface area contributed by atoms with Crippen LogP contribution in [0.4, 0.5) is 5.69 Å². The Bertz CT molecular complexity index is 889. The van der Waals surface area contributed by atoms with E-state index < -0.39 is 18.5 Å². The van der Waals surface area contributed by atoms with E-state index in [0.29, 0.717) is 30.1 Å². The minimum absolute atomic E-state index is 0.0596. The molecule has 1 N–H and O–H groups in total. The van der Waals surface area contributed by atoms with Gasteiger partial charge in [0.2, 0.25) is 0 Å². The first-order valence-electron chi connectivity index (χ1n) is 9.88. The molecule has 160 valence electrons. The summed E-state index contributed by atoms with van der Waals surface area (Å²) >= 11 is 0. The van der Waals surface area contributed by atoms with Crippen LogP contribution < -0.4 is 10.1 Å². The predicted molar refractivity (Wildman–Crippen MR) is 115 cm³/mol. The Morgan fingerprint density at radius 3 is 2.23 bits per heavy atom. The zero-order chi connectivity index (χ0) is 22.1. The average Bonchev–Trinajstić information content (AvgIpc) is 2.74. The molecular formula is C23H28N2O5. The monoisotopic (exact) mass is 412 g/mol. The zero-order valence-corrected chi connectivity index (χ0v) is 17.9. The van der Waals surface area contributed by atoms with Crippen molar-refractivity contribution in [3.8, 4) is 5.75 Å². The largest absolute Gasteiger partial charge is 0.482 e. The Kier molecular flexibility index (Phi) is 8.41. The van der Waals surface area contributed by atoms with Gasteiger partial charge in [-0.15, -0.1) is 0 Å². The van der Waals surface area contributed by atoms with Gasteiger partial charge in [0.25, 0.3) is 11.8 Å². The molecule has 0 radical (unpaired) electrons. The number of benzene rings is 2. The van der Waals surface area contributed by atoms with Gasteiger partial charge in [0, 0.05) is 24.3 Å². The highest BCUT2D eigenvalue weighted by atomic mass is 16.6. The zero-order valence-electron chi connectivity index (χ0n) is 17.9. The van der Waals surface area contributed by atoms with Crippen LogP contribution in [0.15, 0.2) is 42.5 Å². The average molecular weight is 412 g/mol. The fourth-order valence-electron chi connectivity index (χ4n) is 2.77. The van der Waals surface area contributed by atoms with Crippen LogP contribution in [0.5, 0.6) is 5.75 Å². The van der Waals surface area contributed by atoms with Crippen molar-refractivity contribution in [3.63, 3.8) is 0 Å². The van der Waals surface area contributed by atoms with Gasteiger partial charge < -0.3 is 19.7 Å². The molecule has 30 heavy (non-hydrogen) atoms. The van der Waals surface area contributed by atoms with E-state index in [2.05, 4.69) is 5.32 Å². The molecule has 7 nitrogen and oxygen atoms in total. The van der Waals surface area contributed by atoms with Crippen LogP contribution in [0.1, 0.15) is 35.3 Å². The first-order valence-corrected chi connectivity index (χ1v) is 9.88. The van der Waals surface area contributed by atoms with Gasteiger partial charge in [-0.05, 0) is 69.2 Å². The van der Waals surface area contributed by atoms with Crippen molar-refractivity contribution in [2.24, 2.45) is 0 Å². The number of nitrogens with one attached hydrogen (secondary N) is 1. The van der Waals surface area contributed by atoms with Gasteiger partial charge in [-0.3, -0.25) is 9.59 Å². The van der Waals surface area contributed by atoms with Crippen molar-refractivity contribution in [2.45, 2.75) is 27.7 Å². The highest BCUT2D eigenvalue weighted by Crippen LogP contribution is 2.19. The first kappa shape index (κ1) is 22.9. The molecule has 0 aromatic heterocycles. The second-order valence-electron chi connectivity index (χ2n) is 6.82. The van der Waals surface area contributed by atoms with Crippen LogP contribution in [0.3, 0.4) is 0 Å². The van der Waals surface area contributed by atoms with E-state index in [1.807, 2.05) is 45.9 Å². The second-order valence-corrected chi connectivity index (χ2v) is 6.82. The topological polar surface area (TPSA) is 84.9 Å². The molecule has 2 aromatic carbocycles. The number of aryl methyl sites for hydroxylation is 2. The maximum atomic E-state index is 12.3. The van der Waals surface area contributed by atoms with Gasteiger partial charge in [-0.25, -0.2) is 4.79 Å². The number of anilines is 1. The third kappa shape index (κ3) is 6.62. The molecule has 0 spiro atoms. The molecule has 2 amide bonds. The summed E-state index contributed by atoms with van der Waals surface area (Å²) in [5, 5.41) is 2.63. The summed E-state index contributed by atoms with van der Waals surface area (Å²) in [5.41, 5.74) is 2.99.